The largest absolute Gasteiger partial charge is 0.481 e. The topological polar surface area (TPSA) is 107 Å². The van der Waals surface area contributed by atoms with Gasteiger partial charge in [0.2, 0.25) is 0 Å². The zero-order valence-electron chi connectivity index (χ0n) is 20.9. The maximum Gasteiger partial charge on any atom is 0.303 e. The molecule has 5 unspecified atom stereocenters. The van der Waals surface area contributed by atoms with E-state index in [-0.39, 0.29) is 46.9 Å². The second-order valence-corrected chi connectivity index (χ2v) is 12.5. The van der Waals surface area contributed by atoms with E-state index in [1.807, 2.05) is 0 Å². The first-order valence-corrected chi connectivity index (χ1v) is 13.3. The Balaban J connectivity index is 1.62. The number of carboxylic acid groups (broad SMARTS) is 1. The Kier molecular flexibility index (Phi) is 7.03. The highest BCUT2D eigenvalue weighted by Crippen LogP contribution is 2.69. The SMILES string of the molecule is CNCC(=O)C1C[C@@H](O)CC2C[C@@H](O)C3C(CC[C@@]4(C)C3CC[C@@H]4[C@H](C)CCC(=O)O)[C@]21C. The number of rotatable bonds is 7. The van der Waals surface area contributed by atoms with Gasteiger partial charge >= 0.3 is 5.97 Å². The molecule has 0 spiro atoms. The number of aliphatic hydroxyl groups is 2. The van der Waals surface area contributed by atoms with Crippen LogP contribution in [0.4, 0.5) is 0 Å². The lowest BCUT2D eigenvalue weighted by Crippen LogP contribution is -2.62. The molecule has 4 aliphatic carbocycles. The molecule has 4 saturated carbocycles. The Morgan fingerprint density at radius 2 is 1.79 bits per heavy atom. The smallest absolute Gasteiger partial charge is 0.303 e. The van der Waals surface area contributed by atoms with Crippen LogP contribution in [-0.2, 0) is 9.59 Å². The van der Waals surface area contributed by atoms with E-state index in [2.05, 4.69) is 26.1 Å². The number of fused-ring (bicyclic) bond motifs is 5. The molecule has 0 aromatic rings. The van der Waals surface area contributed by atoms with Gasteiger partial charge in [0.05, 0.1) is 18.8 Å². The molecule has 0 aromatic carbocycles. The number of carbonyl (C=O) groups is 2. The van der Waals surface area contributed by atoms with Crippen LogP contribution in [0.25, 0.3) is 0 Å². The molecule has 4 rings (SSSR count). The van der Waals surface area contributed by atoms with Crippen molar-refractivity contribution in [2.45, 2.75) is 90.8 Å². The Bertz CT molecular complexity index is 757. The van der Waals surface area contributed by atoms with Crippen molar-refractivity contribution in [1.29, 1.82) is 0 Å². The van der Waals surface area contributed by atoms with E-state index >= 15 is 0 Å². The molecule has 0 amide bonds. The summed E-state index contributed by atoms with van der Waals surface area (Å²) in [5.74, 6) is 1.30. The Labute approximate surface area is 198 Å². The van der Waals surface area contributed by atoms with Gasteiger partial charge in [-0.25, -0.2) is 0 Å². The van der Waals surface area contributed by atoms with E-state index in [0.29, 0.717) is 49.5 Å². The molecule has 0 bridgehead atoms. The Morgan fingerprint density at radius 1 is 1.06 bits per heavy atom. The normalized spacial score (nSPS) is 47.8. The highest BCUT2D eigenvalue weighted by Gasteiger charge is 2.65. The van der Waals surface area contributed by atoms with E-state index < -0.39 is 12.1 Å². The number of likely N-dealkylation sites (N-methyl/N-ethyl adjacent to an activating group) is 1. The second-order valence-electron chi connectivity index (χ2n) is 12.5. The zero-order valence-corrected chi connectivity index (χ0v) is 20.9. The molecule has 33 heavy (non-hydrogen) atoms. The minimum absolute atomic E-state index is 0.127. The first-order chi connectivity index (χ1) is 15.5. The van der Waals surface area contributed by atoms with E-state index in [4.69, 9.17) is 0 Å². The summed E-state index contributed by atoms with van der Waals surface area (Å²) in [5.41, 5.74) is -0.0483. The Morgan fingerprint density at radius 3 is 2.45 bits per heavy atom. The van der Waals surface area contributed by atoms with Gasteiger partial charge in [0.1, 0.15) is 5.78 Å². The van der Waals surface area contributed by atoms with Gasteiger partial charge in [-0.05, 0) is 105 Å². The van der Waals surface area contributed by atoms with Crippen LogP contribution < -0.4 is 5.32 Å². The van der Waals surface area contributed by atoms with Gasteiger partial charge < -0.3 is 20.6 Å². The third kappa shape index (κ3) is 4.08. The lowest BCUT2D eigenvalue weighted by atomic mass is 9.41. The van der Waals surface area contributed by atoms with E-state index in [1.54, 1.807) is 7.05 Å². The standard InChI is InChI=1S/C27H45NO5/c1-15(5-8-24(32)33)18-6-7-19-25-20(9-10-26(18,19)2)27(3)16(12-22(25)30)11-17(29)13-21(27)23(31)14-28-4/h15-22,25,28-30H,5-14H2,1-4H3,(H,32,33)/t15-,16?,17+,18-,19?,20?,21?,22-,25?,26-,27+/m1/s1. The minimum Gasteiger partial charge on any atom is -0.481 e. The fraction of sp³-hybridized carbons (Fsp3) is 0.926. The summed E-state index contributed by atoms with van der Waals surface area (Å²) in [6, 6.07) is 0. The summed E-state index contributed by atoms with van der Waals surface area (Å²) in [5, 5.41) is 34.3. The van der Waals surface area contributed by atoms with Crippen molar-refractivity contribution in [1.82, 2.24) is 5.32 Å². The highest BCUT2D eigenvalue weighted by atomic mass is 16.4. The molecule has 188 valence electrons. The predicted molar refractivity (Wildman–Crippen MR) is 126 cm³/mol. The number of ketones is 1. The number of hydrogen-bond acceptors (Lipinski definition) is 5. The van der Waals surface area contributed by atoms with Crippen molar-refractivity contribution in [3.63, 3.8) is 0 Å². The first-order valence-electron chi connectivity index (χ1n) is 13.3. The number of aliphatic hydroxyl groups excluding tert-OH is 2. The summed E-state index contributed by atoms with van der Waals surface area (Å²) in [6.45, 7) is 7.26. The molecule has 0 aromatic heterocycles. The van der Waals surface area contributed by atoms with Gasteiger partial charge in [0.15, 0.2) is 0 Å². The quantitative estimate of drug-likeness (QED) is 0.460. The van der Waals surface area contributed by atoms with Crippen LogP contribution in [-0.4, -0.2) is 52.9 Å². The number of Topliss-reactive ketones (excluding diaryl/α,β-unsaturated/α-hetero) is 1. The summed E-state index contributed by atoms with van der Waals surface area (Å²) in [7, 11) is 1.81. The van der Waals surface area contributed by atoms with Crippen molar-refractivity contribution in [2.75, 3.05) is 13.6 Å². The molecular weight excluding hydrogens is 418 g/mol. The molecule has 4 aliphatic rings. The van der Waals surface area contributed by atoms with Crippen molar-refractivity contribution in [2.24, 2.45) is 52.3 Å². The third-order valence-corrected chi connectivity index (χ3v) is 11.1. The summed E-state index contributed by atoms with van der Waals surface area (Å²) in [6.07, 6.45) is 6.34. The molecule has 0 aliphatic heterocycles. The predicted octanol–water partition coefficient (Wildman–Crippen LogP) is 3.49. The molecule has 0 saturated heterocycles. The first kappa shape index (κ1) is 25.1. The van der Waals surface area contributed by atoms with Crippen molar-refractivity contribution in [3.8, 4) is 0 Å². The molecular formula is C27H45NO5. The van der Waals surface area contributed by atoms with Crippen molar-refractivity contribution < 1.29 is 24.9 Å². The van der Waals surface area contributed by atoms with Gasteiger partial charge in [-0.3, -0.25) is 9.59 Å². The number of carboxylic acids is 1. The van der Waals surface area contributed by atoms with E-state index in [1.165, 1.54) is 0 Å². The molecule has 4 fully saturated rings. The van der Waals surface area contributed by atoms with E-state index in [9.17, 15) is 24.9 Å². The Hall–Kier alpha value is -0.980. The van der Waals surface area contributed by atoms with Gasteiger partial charge in [-0.2, -0.15) is 0 Å². The fourth-order valence-electron chi connectivity index (χ4n) is 9.61. The van der Waals surface area contributed by atoms with Crippen molar-refractivity contribution >= 4 is 11.8 Å². The van der Waals surface area contributed by atoms with Crippen LogP contribution in [0, 0.1) is 52.3 Å². The maximum absolute atomic E-state index is 13.2. The summed E-state index contributed by atoms with van der Waals surface area (Å²) >= 11 is 0. The average molecular weight is 464 g/mol. The average Bonchev–Trinajstić information content (AvgIpc) is 3.10. The van der Waals surface area contributed by atoms with Crippen molar-refractivity contribution in [3.05, 3.63) is 0 Å². The number of aliphatic carboxylic acids is 1. The van der Waals surface area contributed by atoms with Crippen LogP contribution in [0.3, 0.4) is 0 Å². The summed E-state index contributed by atoms with van der Waals surface area (Å²) < 4.78 is 0. The molecule has 4 N–H and O–H groups in total. The lowest BCUT2D eigenvalue weighted by Gasteiger charge is -2.64. The molecule has 11 atom stereocenters. The minimum atomic E-state index is -0.719. The van der Waals surface area contributed by atoms with Crippen LogP contribution in [0.5, 0.6) is 0 Å². The number of nitrogens with one attached hydrogen (secondary N) is 1. The van der Waals surface area contributed by atoms with E-state index in [0.717, 1.165) is 32.1 Å². The third-order valence-electron chi connectivity index (χ3n) is 11.1. The van der Waals surface area contributed by atoms with Crippen LogP contribution in [0.2, 0.25) is 0 Å². The molecule has 0 radical (unpaired) electrons. The monoisotopic (exact) mass is 463 g/mol. The second kappa shape index (κ2) is 9.23. The summed E-state index contributed by atoms with van der Waals surface area (Å²) in [4.78, 5) is 24.4. The van der Waals surface area contributed by atoms with Gasteiger partial charge in [0.25, 0.3) is 0 Å². The zero-order chi connectivity index (χ0) is 24.1. The van der Waals surface area contributed by atoms with Gasteiger partial charge in [0, 0.05) is 12.3 Å². The molecule has 6 nitrogen and oxygen atoms in total. The maximum atomic E-state index is 13.2. The highest BCUT2D eigenvalue weighted by molar-refractivity contribution is 5.84. The van der Waals surface area contributed by atoms with Gasteiger partial charge in [-0.15, -0.1) is 0 Å². The number of hydrogen-bond donors (Lipinski definition) is 4. The lowest BCUT2D eigenvalue weighted by molar-refractivity contribution is -0.196. The number of carbonyl (C=O) groups excluding carboxylic acids is 1. The molecule has 6 heteroatoms. The van der Waals surface area contributed by atoms with Gasteiger partial charge in [-0.1, -0.05) is 20.8 Å². The fourth-order valence-corrected chi connectivity index (χ4v) is 9.61. The van der Waals surface area contributed by atoms with Crippen LogP contribution in [0.15, 0.2) is 0 Å². The van der Waals surface area contributed by atoms with Crippen LogP contribution in [0.1, 0.15) is 78.6 Å². The molecule has 0 heterocycles. The van der Waals surface area contributed by atoms with Crippen LogP contribution >= 0.6 is 0 Å².